The summed E-state index contributed by atoms with van der Waals surface area (Å²) in [5, 5.41) is 3.51. The van der Waals surface area contributed by atoms with Crippen LogP contribution in [0.5, 0.6) is 0 Å². The van der Waals surface area contributed by atoms with Gasteiger partial charge in [0.15, 0.2) is 0 Å². The number of methoxy groups -OCH3 is 1. The maximum Gasteiger partial charge on any atom is 0.386 e. The summed E-state index contributed by atoms with van der Waals surface area (Å²) < 4.78 is 35.3. The fourth-order valence-corrected chi connectivity index (χ4v) is 5.31. The summed E-state index contributed by atoms with van der Waals surface area (Å²) in [4.78, 5) is 13.8. The molecule has 0 aliphatic rings. The SMILES string of the molecule is CC.CC(F)(F)F.COC.[Pt].[Pt].[Pt].[c-]1ccccc1-c1ccc2ccccc2n1.[c-]1ccccc1-c1ccc2ccccc2n1.[c-]1ccccc1-c1ccc2ccccc2n1. The van der Waals surface area contributed by atoms with Gasteiger partial charge in [-0.2, -0.15) is 13.2 Å². The first-order valence-corrected chi connectivity index (χ1v) is 18.7. The monoisotopic (exact) mass is 1360 g/mol. The Morgan fingerprint density at radius 2 is 0.623 bits per heavy atom. The number of fused-ring (bicyclic) bond motifs is 3. The third-order valence-corrected chi connectivity index (χ3v) is 7.75. The van der Waals surface area contributed by atoms with Gasteiger partial charge >= 0.3 is 6.18 Å². The fourth-order valence-electron chi connectivity index (χ4n) is 5.31. The van der Waals surface area contributed by atoms with Crippen molar-refractivity contribution in [2.24, 2.45) is 0 Å². The molecule has 0 bridgehead atoms. The molecule has 9 rings (SSSR count). The fraction of sp³-hybridized carbons (Fsp3) is 0.118. The van der Waals surface area contributed by atoms with Crippen LogP contribution < -0.4 is 0 Å². The molecule has 4 nitrogen and oxygen atoms in total. The zero-order valence-corrected chi connectivity index (χ0v) is 41.0. The molecule has 3 aromatic heterocycles. The van der Waals surface area contributed by atoms with Gasteiger partial charge in [-0.15, -0.1) is 108 Å². The average molecular weight is 1360 g/mol. The first-order chi connectivity index (χ1) is 28.2. The van der Waals surface area contributed by atoms with Crippen LogP contribution in [0.4, 0.5) is 13.2 Å². The van der Waals surface area contributed by atoms with Crippen molar-refractivity contribution in [3.05, 3.63) is 200 Å². The summed E-state index contributed by atoms with van der Waals surface area (Å²) >= 11 is 0. The Labute approximate surface area is 400 Å². The normalized spacial score (nSPS) is 9.64. The van der Waals surface area contributed by atoms with Crippen molar-refractivity contribution in [3.63, 3.8) is 0 Å². The smallest absolute Gasteiger partial charge is 0.386 e. The largest absolute Gasteiger partial charge is 0.388 e. The summed E-state index contributed by atoms with van der Waals surface area (Å²) in [6.45, 7) is 4.19. The molecule has 0 radical (unpaired) electrons. The van der Waals surface area contributed by atoms with Gasteiger partial charge in [0.05, 0.1) is 16.6 Å². The van der Waals surface area contributed by atoms with Crippen LogP contribution in [-0.4, -0.2) is 35.3 Å². The number of ether oxygens (including phenoxy) is 1. The van der Waals surface area contributed by atoms with E-state index in [1.807, 2.05) is 159 Å². The zero-order chi connectivity index (χ0) is 41.6. The van der Waals surface area contributed by atoms with Crippen molar-refractivity contribution in [3.8, 4) is 33.8 Å². The molecule has 0 atom stereocenters. The van der Waals surface area contributed by atoms with Crippen LogP contribution in [0, 0.1) is 18.2 Å². The Balaban J connectivity index is 0.000000403. The molecule has 0 N–H and O–H groups in total. The van der Waals surface area contributed by atoms with E-state index in [4.69, 9.17) is 0 Å². The number of alkyl halides is 3. The van der Waals surface area contributed by atoms with Crippen LogP contribution in [-0.2, 0) is 67.9 Å². The molecule has 0 fully saturated rings. The van der Waals surface area contributed by atoms with Crippen molar-refractivity contribution in [2.45, 2.75) is 26.9 Å². The maximum absolute atomic E-state index is 10.4. The quantitative estimate of drug-likeness (QED) is 0.165. The van der Waals surface area contributed by atoms with E-state index < -0.39 is 6.18 Å². The van der Waals surface area contributed by atoms with E-state index in [0.29, 0.717) is 0 Å². The van der Waals surface area contributed by atoms with Gasteiger partial charge in [-0.1, -0.05) is 105 Å². The van der Waals surface area contributed by atoms with Crippen LogP contribution in [0.15, 0.2) is 182 Å². The van der Waals surface area contributed by atoms with E-state index in [1.54, 1.807) is 14.2 Å². The van der Waals surface area contributed by atoms with Crippen molar-refractivity contribution in [1.82, 2.24) is 15.0 Å². The minimum Gasteiger partial charge on any atom is -0.388 e. The number of pyridine rings is 3. The molecule has 0 aliphatic carbocycles. The number of aromatic nitrogens is 3. The summed E-state index contributed by atoms with van der Waals surface area (Å²) in [5.74, 6) is 0. The van der Waals surface area contributed by atoms with Crippen LogP contribution in [0.2, 0.25) is 0 Å². The topological polar surface area (TPSA) is 47.9 Å². The average Bonchev–Trinajstić information content (AvgIpc) is 3.28. The Morgan fingerprint density at radius 1 is 0.393 bits per heavy atom. The number of hydrogen-bond donors (Lipinski definition) is 0. The number of halogens is 3. The van der Waals surface area contributed by atoms with E-state index in [-0.39, 0.29) is 70.1 Å². The second kappa shape index (κ2) is 29.6. The van der Waals surface area contributed by atoms with Gasteiger partial charge in [0.1, 0.15) is 0 Å². The van der Waals surface area contributed by atoms with Gasteiger partial charge in [-0.3, -0.25) is 15.0 Å². The van der Waals surface area contributed by atoms with E-state index in [2.05, 4.69) is 74.3 Å². The number of para-hydroxylation sites is 3. The van der Waals surface area contributed by atoms with Gasteiger partial charge in [-0.25, -0.2) is 0 Å². The van der Waals surface area contributed by atoms with Crippen molar-refractivity contribution in [2.75, 3.05) is 14.2 Å². The first-order valence-electron chi connectivity index (χ1n) is 18.7. The summed E-state index contributed by atoms with van der Waals surface area (Å²) in [6, 6.07) is 70.1. The standard InChI is InChI=1S/3C15H10N.C2H3F3.C2H6O.C2H6.3Pt/c3*1-2-6-12(7-3-1)15-11-10-13-8-4-5-9-14(13)16-15;1-2(3,4)5;1-3-2;1-2;;;/h3*1-6,8-11H;1H3;1-2H3;1-2H3;;;/q3*-1;;;;;;. The van der Waals surface area contributed by atoms with Gasteiger partial charge < -0.3 is 4.74 Å². The molecule has 3 heterocycles. The molecule has 0 aliphatic heterocycles. The van der Waals surface area contributed by atoms with E-state index >= 15 is 0 Å². The zero-order valence-electron chi connectivity index (χ0n) is 34.2. The van der Waals surface area contributed by atoms with Crippen molar-refractivity contribution < 1.29 is 81.1 Å². The summed E-state index contributed by atoms with van der Waals surface area (Å²) in [7, 11) is 3.25. The molecule has 324 valence electrons. The second-order valence-corrected chi connectivity index (χ2v) is 12.2. The van der Waals surface area contributed by atoms with Crippen molar-refractivity contribution >= 4 is 32.7 Å². The Hall–Kier alpha value is -4.64. The summed E-state index contributed by atoms with van der Waals surface area (Å²) in [5.41, 5.74) is 9.10. The van der Waals surface area contributed by atoms with Gasteiger partial charge in [0.2, 0.25) is 0 Å². The molecule has 0 unspecified atom stereocenters. The first kappa shape index (κ1) is 54.4. The molecule has 10 heteroatoms. The minimum atomic E-state index is -4.00. The van der Waals surface area contributed by atoms with Crippen LogP contribution >= 0.6 is 0 Å². The molecule has 0 saturated heterocycles. The molecule has 0 spiro atoms. The van der Waals surface area contributed by atoms with Crippen LogP contribution in [0.1, 0.15) is 20.8 Å². The number of benzene rings is 6. The predicted octanol–water partition coefficient (Wildman–Crippen LogP) is 14.0. The molecule has 61 heavy (non-hydrogen) atoms. The number of hydrogen-bond acceptors (Lipinski definition) is 4. The molecule has 6 aromatic carbocycles. The molecule has 0 amide bonds. The predicted molar refractivity (Wildman–Crippen MR) is 234 cm³/mol. The molecule has 0 saturated carbocycles. The van der Waals surface area contributed by atoms with Gasteiger partial charge in [0, 0.05) is 84.3 Å². The van der Waals surface area contributed by atoms with E-state index in [1.165, 1.54) is 16.2 Å². The summed E-state index contributed by atoms with van der Waals surface area (Å²) in [6.07, 6.45) is -4.00. The molecular formula is C51H45F3N3OPt3-3. The number of nitrogens with zero attached hydrogens (tertiary/aromatic N) is 3. The van der Waals surface area contributed by atoms with E-state index in [9.17, 15) is 13.2 Å². The maximum atomic E-state index is 10.4. The Kier molecular flexibility index (Phi) is 26.4. The third kappa shape index (κ3) is 18.9. The van der Waals surface area contributed by atoms with Crippen LogP contribution in [0.25, 0.3) is 66.5 Å². The Bertz CT molecular complexity index is 2270. The molecular weight excluding hydrogens is 1310 g/mol. The third-order valence-electron chi connectivity index (χ3n) is 7.75. The van der Waals surface area contributed by atoms with Crippen LogP contribution in [0.3, 0.4) is 0 Å². The number of rotatable bonds is 3. The second-order valence-electron chi connectivity index (χ2n) is 12.2. The van der Waals surface area contributed by atoms with E-state index in [0.717, 1.165) is 50.3 Å². The van der Waals surface area contributed by atoms with Gasteiger partial charge in [0.25, 0.3) is 0 Å². The van der Waals surface area contributed by atoms with Gasteiger partial charge in [-0.05, 0) is 51.4 Å². The van der Waals surface area contributed by atoms with Crippen molar-refractivity contribution in [1.29, 1.82) is 0 Å². The Morgan fingerprint density at radius 3 is 0.852 bits per heavy atom. The molecule has 9 aromatic rings. The minimum absolute atomic E-state index is 0.